The first kappa shape index (κ1) is 21.4. The number of hydrogen-bond acceptors (Lipinski definition) is 3. The zero-order valence-corrected chi connectivity index (χ0v) is 17.4. The molecule has 2 heterocycles. The van der Waals surface area contributed by atoms with Gasteiger partial charge in [-0.15, -0.1) is 0 Å². The summed E-state index contributed by atoms with van der Waals surface area (Å²) in [6.07, 6.45) is 3.77. The van der Waals surface area contributed by atoms with E-state index >= 15 is 0 Å². The molecule has 4 rings (SSSR count). The van der Waals surface area contributed by atoms with Crippen molar-refractivity contribution in [3.63, 3.8) is 0 Å². The Labute approximate surface area is 184 Å². The number of carbonyl (C=O) groups is 1. The number of rotatable bonds is 7. The Bertz CT molecular complexity index is 1050. The Morgan fingerprint density at radius 2 is 1.87 bits per heavy atom. The van der Waals surface area contributed by atoms with Gasteiger partial charge in [0.2, 0.25) is 5.91 Å². The number of halogens is 3. The van der Waals surface area contributed by atoms with Crippen LogP contribution in [-0.4, -0.2) is 22.3 Å². The van der Waals surface area contributed by atoms with Gasteiger partial charge in [-0.1, -0.05) is 35.9 Å². The maximum absolute atomic E-state index is 14.1. The van der Waals surface area contributed by atoms with E-state index in [1.807, 2.05) is 18.2 Å². The Morgan fingerprint density at radius 1 is 1.06 bits per heavy atom. The molecular weight excluding hydrogens is 422 g/mol. The number of benzene rings is 2. The monoisotopic (exact) mass is 442 g/mol. The largest absolute Gasteiger partial charge is 0.366 e. The van der Waals surface area contributed by atoms with Crippen LogP contribution in [-0.2, 0) is 16.1 Å². The van der Waals surface area contributed by atoms with Crippen molar-refractivity contribution in [2.75, 3.05) is 6.54 Å². The highest BCUT2D eigenvalue weighted by Crippen LogP contribution is 2.40. The van der Waals surface area contributed by atoms with Gasteiger partial charge >= 0.3 is 0 Å². The molecule has 1 aliphatic heterocycles. The summed E-state index contributed by atoms with van der Waals surface area (Å²) in [7, 11) is 0. The molecule has 4 nitrogen and oxygen atoms in total. The van der Waals surface area contributed by atoms with Crippen LogP contribution in [0.1, 0.15) is 41.7 Å². The first-order valence-electron chi connectivity index (χ1n) is 10.0. The average Bonchev–Trinajstić information content (AvgIpc) is 3.20. The van der Waals surface area contributed by atoms with Crippen LogP contribution in [0.5, 0.6) is 0 Å². The lowest BCUT2D eigenvalue weighted by molar-refractivity contribution is -0.134. The summed E-state index contributed by atoms with van der Waals surface area (Å²) in [5.74, 6) is -1.90. The summed E-state index contributed by atoms with van der Waals surface area (Å²) >= 11 is 5.97. The zero-order chi connectivity index (χ0) is 21.8. The second-order valence-corrected chi connectivity index (χ2v) is 7.89. The maximum Gasteiger partial charge on any atom is 0.223 e. The van der Waals surface area contributed by atoms with Crippen molar-refractivity contribution in [1.82, 2.24) is 9.88 Å². The lowest BCUT2D eigenvalue weighted by Crippen LogP contribution is -2.35. The molecule has 31 heavy (non-hydrogen) atoms. The van der Waals surface area contributed by atoms with E-state index in [1.54, 1.807) is 35.5 Å². The molecule has 1 fully saturated rings. The van der Waals surface area contributed by atoms with Gasteiger partial charge < -0.3 is 9.64 Å². The minimum atomic E-state index is -0.963. The van der Waals surface area contributed by atoms with E-state index in [1.165, 1.54) is 6.07 Å². The molecule has 160 valence electrons. The van der Waals surface area contributed by atoms with Crippen LogP contribution in [0, 0.1) is 11.6 Å². The number of nitrogens with zero attached hydrogens (tertiary/aromatic N) is 2. The third kappa shape index (κ3) is 4.92. The first-order valence-corrected chi connectivity index (χ1v) is 10.4. The van der Waals surface area contributed by atoms with E-state index in [0.717, 1.165) is 29.7 Å². The topological polar surface area (TPSA) is 42.4 Å². The van der Waals surface area contributed by atoms with Gasteiger partial charge in [-0.05, 0) is 53.4 Å². The molecule has 1 unspecified atom stereocenters. The molecule has 1 saturated heterocycles. The highest BCUT2D eigenvalue weighted by atomic mass is 35.5. The van der Waals surface area contributed by atoms with E-state index in [-0.39, 0.29) is 12.5 Å². The molecule has 3 aromatic rings. The number of amides is 1. The van der Waals surface area contributed by atoms with Crippen molar-refractivity contribution in [3.8, 4) is 0 Å². The van der Waals surface area contributed by atoms with E-state index in [4.69, 9.17) is 16.3 Å². The molecule has 0 radical (unpaired) electrons. The molecule has 7 heteroatoms. The fraction of sp³-hybridized carbons (Fsp3) is 0.250. The Hall–Kier alpha value is -2.83. The summed E-state index contributed by atoms with van der Waals surface area (Å²) in [4.78, 5) is 18.6. The summed E-state index contributed by atoms with van der Waals surface area (Å²) < 4.78 is 34.0. The van der Waals surface area contributed by atoms with Crippen LogP contribution in [0.3, 0.4) is 0 Å². The lowest BCUT2D eigenvalue weighted by Gasteiger charge is -2.35. The van der Waals surface area contributed by atoms with E-state index in [9.17, 15) is 13.6 Å². The Morgan fingerprint density at radius 3 is 2.52 bits per heavy atom. The van der Waals surface area contributed by atoms with Gasteiger partial charge in [-0.25, -0.2) is 8.78 Å². The number of hydrogen-bond donors (Lipinski definition) is 0. The predicted octanol–water partition coefficient (Wildman–Crippen LogP) is 5.63. The second kappa shape index (κ2) is 9.54. The minimum absolute atomic E-state index is 0.00321. The number of carbonyl (C=O) groups excluding carboxylic acids is 1. The molecule has 0 N–H and O–H groups in total. The van der Waals surface area contributed by atoms with Crippen molar-refractivity contribution in [2.24, 2.45) is 0 Å². The fourth-order valence-corrected chi connectivity index (χ4v) is 3.98. The SMILES string of the molecule is O=C1CCCN1C(c1cccnc1)[C@@H](OCc1ccc(Cl)cc1)c1ccc(F)c(F)c1. The quantitative estimate of drug-likeness (QED) is 0.476. The highest BCUT2D eigenvalue weighted by molar-refractivity contribution is 6.30. The van der Waals surface area contributed by atoms with E-state index < -0.39 is 23.8 Å². The summed E-state index contributed by atoms with van der Waals surface area (Å²) in [6.45, 7) is 0.766. The third-order valence-electron chi connectivity index (χ3n) is 5.37. The second-order valence-electron chi connectivity index (χ2n) is 7.45. The molecule has 0 aliphatic carbocycles. The third-order valence-corrected chi connectivity index (χ3v) is 5.63. The van der Waals surface area contributed by atoms with Crippen LogP contribution in [0.2, 0.25) is 5.02 Å². The van der Waals surface area contributed by atoms with Crippen LogP contribution >= 0.6 is 11.6 Å². The van der Waals surface area contributed by atoms with Gasteiger partial charge in [0.05, 0.1) is 12.6 Å². The van der Waals surface area contributed by atoms with Crippen LogP contribution in [0.15, 0.2) is 67.0 Å². The van der Waals surface area contributed by atoms with Gasteiger partial charge in [-0.3, -0.25) is 9.78 Å². The molecule has 0 saturated carbocycles. The number of pyridine rings is 1. The van der Waals surface area contributed by atoms with E-state index in [0.29, 0.717) is 23.6 Å². The maximum atomic E-state index is 14.1. The van der Waals surface area contributed by atoms with Crippen LogP contribution in [0.4, 0.5) is 8.78 Å². The van der Waals surface area contributed by atoms with Crippen molar-refractivity contribution < 1.29 is 18.3 Å². The van der Waals surface area contributed by atoms with Crippen molar-refractivity contribution in [1.29, 1.82) is 0 Å². The Kier molecular flexibility index (Phi) is 6.59. The van der Waals surface area contributed by atoms with Gasteiger partial charge in [0.15, 0.2) is 11.6 Å². The molecule has 1 aliphatic rings. The van der Waals surface area contributed by atoms with Crippen LogP contribution < -0.4 is 0 Å². The molecule has 1 aromatic heterocycles. The predicted molar refractivity (Wildman–Crippen MR) is 113 cm³/mol. The van der Waals surface area contributed by atoms with Crippen molar-refractivity contribution in [2.45, 2.75) is 31.6 Å². The fourth-order valence-electron chi connectivity index (χ4n) is 3.86. The van der Waals surface area contributed by atoms with Crippen molar-refractivity contribution >= 4 is 17.5 Å². The number of aromatic nitrogens is 1. The van der Waals surface area contributed by atoms with Gasteiger partial charge in [0.1, 0.15) is 6.10 Å². The molecule has 1 amide bonds. The smallest absolute Gasteiger partial charge is 0.223 e. The lowest BCUT2D eigenvalue weighted by atomic mass is 9.95. The average molecular weight is 443 g/mol. The molecular formula is C24H21ClF2N2O2. The standard InChI is InChI=1S/C24H21ClF2N2O2/c25-19-8-5-16(6-9-19)15-31-24(17-7-10-20(26)21(27)13-17)23(18-3-1-11-28-14-18)29-12-2-4-22(29)30/h1,3,5-11,13-14,23-24H,2,4,12,15H2/t23?,24-/m0/s1. The number of ether oxygens (including phenoxy) is 1. The first-order chi connectivity index (χ1) is 15.0. The Balaban J connectivity index is 1.74. The molecule has 2 atom stereocenters. The highest BCUT2D eigenvalue weighted by Gasteiger charge is 2.36. The molecule has 2 aromatic carbocycles. The molecule has 0 bridgehead atoms. The van der Waals surface area contributed by atoms with Gasteiger partial charge in [0, 0.05) is 30.4 Å². The minimum Gasteiger partial charge on any atom is -0.366 e. The van der Waals surface area contributed by atoms with E-state index in [2.05, 4.69) is 4.98 Å². The normalized spacial score (nSPS) is 15.8. The summed E-state index contributed by atoms with van der Waals surface area (Å²) in [5.41, 5.74) is 2.08. The summed E-state index contributed by atoms with van der Waals surface area (Å²) in [5, 5.41) is 0.608. The van der Waals surface area contributed by atoms with Gasteiger partial charge in [0.25, 0.3) is 0 Å². The van der Waals surface area contributed by atoms with Gasteiger partial charge in [-0.2, -0.15) is 0 Å². The number of likely N-dealkylation sites (tertiary alicyclic amines) is 1. The molecule has 0 spiro atoms. The summed E-state index contributed by atoms with van der Waals surface area (Å²) in [6, 6.07) is 14.0. The zero-order valence-electron chi connectivity index (χ0n) is 16.7. The van der Waals surface area contributed by atoms with Crippen LogP contribution in [0.25, 0.3) is 0 Å². The van der Waals surface area contributed by atoms with Crippen molar-refractivity contribution in [3.05, 3.63) is 100 Å².